The Morgan fingerprint density at radius 1 is 1.53 bits per heavy atom. The highest BCUT2D eigenvalue weighted by atomic mass is 32.1. The van der Waals surface area contributed by atoms with Crippen LogP contribution >= 0.6 is 12.6 Å². The highest BCUT2D eigenvalue weighted by Gasteiger charge is 2.13. The van der Waals surface area contributed by atoms with E-state index in [4.69, 9.17) is 5.26 Å². The number of nitro benzene ring substituents is 1. The van der Waals surface area contributed by atoms with Gasteiger partial charge in [-0.25, -0.2) is 0 Å². The average Bonchev–Trinajstić information content (AvgIpc) is 2.25. The molecule has 1 aromatic rings. The number of nitrogens with zero attached hydrogens (tertiary/aromatic N) is 2. The summed E-state index contributed by atoms with van der Waals surface area (Å²) in [5.74, 6) is 5.76. The van der Waals surface area contributed by atoms with Crippen LogP contribution in [0.1, 0.15) is 11.1 Å². The molecular formula is C10H6N2O2S. The first-order valence-electron chi connectivity index (χ1n) is 3.97. The van der Waals surface area contributed by atoms with E-state index in [9.17, 15) is 10.1 Å². The summed E-state index contributed by atoms with van der Waals surface area (Å²) in [6.07, 6.45) is 0. The maximum Gasteiger partial charge on any atom is 0.288 e. The number of benzene rings is 1. The van der Waals surface area contributed by atoms with Crippen LogP contribution in [0, 0.1) is 33.3 Å². The van der Waals surface area contributed by atoms with Crippen molar-refractivity contribution in [1.29, 1.82) is 5.26 Å². The maximum absolute atomic E-state index is 10.6. The molecule has 1 aromatic carbocycles. The molecule has 0 spiro atoms. The molecule has 0 unspecified atom stereocenters. The topological polar surface area (TPSA) is 66.9 Å². The maximum atomic E-state index is 10.6. The molecule has 0 saturated carbocycles. The molecule has 0 N–H and O–H groups in total. The zero-order valence-corrected chi connectivity index (χ0v) is 8.49. The molecule has 0 aromatic heterocycles. The second-order valence-corrected chi connectivity index (χ2v) is 2.88. The van der Waals surface area contributed by atoms with Crippen molar-refractivity contribution >= 4 is 18.3 Å². The van der Waals surface area contributed by atoms with Gasteiger partial charge in [-0.2, -0.15) is 17.9 Å². The molecule has 4 nitrogen and oxygen atoms in total. The van der Waals surface area contributed by atoms with Gasteiger partial charge in [0.25, 0.3) is 5.69 Å². The summed E-state index contributed by atoms with van der Waals surface area (Å²) in [4.78, 5) is 10.0. The molecule has 74 valence electrons. The van der Waals surface area contributed by atoms with E-state index in [0.29, 0.717) is 11.3 Å². The fourth-order valence-electron chi connectivity index (χ4n) is 0.997. The van der Waals surface area contributed by atoms with Crippen LogP contribution in [-0.2, 0) is 0 Å². The Hall–Kier alpha value is -1.98. The molecule has 0 heterocycles. The lowest BCUT2D eigenvalue weighted by Gasteiger charge is -1.94. The van der Waals surface area contributed by atoms with Crippen molar-refractivity contribution in [2.24, 2.45) is 0 Å². The number of thiol groups is 1. The van der Waals surface area contributed by atoms with Gasteiger partial charge in [-0.1, -0.05) is 11.8 Å². The first kappa shape index (κ1) is 11.1. The standard InChI is InChI=1S/C10H6N2O2S/c11-7-9-4-3-8(2-1-5-15)6-10(9)12(13)14/h3-4,6,15H,5H2. The summed E-state index contributed by atoms with van der Waals surface area (Å²) in [5.41, 5.74) is 0.328. The third-order valence-corrected chi connectivity index (χ3v) is 1.78. The van der Waals surface area contributed by atoms with Crippen molar-refractivity contribution in [2.45, 2.75) is 0 Å². The fraction of sp³-hybridized carbons (Fsp3) is 0.100. The zero-order chi connectivity index (χ0) is 11.3. The van der Waals surface area contributed by atoms with E-state index >= 15 is 0 Å². The summed E-state index contributed by atoms with van der Waals surface area (Å²) in [6.45, 7) is 0. The Bertz CT molecular complexity index is 494. The Balaban J connectivity index is 3.23. The number of nitro groups is 1. The minimum Gasteiger partial charge on any atom is -0.258 e. The molecule has 0 saturated heterocycles. The number of hydrogen-bond donors (Lipinski definition) is 1. The first-order chi connectivity index (χ1) is 7.19. The van der Waals surface area contributed by atoms with Crippen molar-refractivity contribution in [3.8, 4) is 17.9 Å². The lowest BCUT2D eigenvalue weighted by Crippen LogP contribution is -1.92. The van der Waals surface area contributed by atoms with Gasteiger partial charge in [0.1, 0.15) is 11.6 Å². The largest absolute Gasteiger partial charge is 0.288 e. The Labute approximate surface area is 92.1 Å². The zero-order valence-electron chi connectivity index (χ0n) is 7.60. The first-order valence-corrected chi connectivity index (χ1v) is 4.60. The SMILES string of the molecule is N#Cc1ccc(C#CCS)cc1[N+](=O)[O-]. The minimum absolute atomic E-state index is 0.0384. The van der Waals surface area contributed by atoms with Crippen molar-refractivity contribution in [2.75, 3.05) is 5.75 Å². The molecule has 0 bridgehead atoms. The summed E-state index contributed by atoms with van der Waals surface area (Å²) in [5, 5.41) is 19.2. The Morgan fingerprint density at radius 2 is 2.27 bits per heavy atom. The minimum atomic E-state index is -0.593. The van der Waals surface area contributed by atoms with Crippen molar-refractivity contribution < 1.29 is 4.92 Å². The molecule has 0 fully saturated rings. The molecule has 0 amide bonds. The normalized spacial score (nSPS) is 8.53. The molecule has 0 aliphatic carbocycles. The van der Waals surface area contributed by atoms with Crippen LogP contribution in [0.2, 0.25) is 0 Å². The average molecular weight is 218 g/mol. The molecule has 1 rings (SSSR count). The van der Waals surface area contributed by atoms with Gasteiger partial charge in [0.2, 0.25) is 0 Å². The van der Waals surface area contributed by atoms with Gasteiger partial charge in [0.05, 0.1) is 10.7 Å². The lowest BCUT2D eigenvalue weighted by molar-refractivity contribution is -0.385. The van der Waals surface area contributed by atoms with Crippen LogP contribution in [0.3, 0.4) is 0 Å². The third-order valence-electron chi connectivity index (χ3n) is 1.63. The molecule has 0 radical (unpaired) electrons. The predicted molar refractivity (Wildman–Crippen MR) is 58.5 cm³/mol. The molecule has 5 heteroatoms. The van der Waals surface area contributed by atoms with E-state index in [1.54, 1.807) is 12.1 Å². The number of hydrogen-bond acceptors (Lipinski definition) is 4. The predicted octanol–water partition coefficient (Wildman–Crippen LogP) is 1.75. The van der Waals surface area contributed by atoms with Gasteiger partial charge in [0.15, 0.2) is 0 Å². The van der Waals surface area contributed by atoms with Gasteiger partial charge < -0.3 is 0 Å². The fourth-order valence-corrected chi connectivity index (χ4v) is 1.08. The van der Waals surface area contributed by atoms with Crippen LogP contribution in [0.5, 0.6) is 0 Å². The second kappa shape index (κ2) is 5.04. The van der Waals surface area contributed by atoms with Gasteiger partial charge in [0, 0.05) is 11.6 Å². The van der Waals surface area contributed by atoms with E-state index in [2.05, 4.69) is 24.5 Å². The quantitative estimate of drug-likeness (QED) is 0.338. The highest BCUT2D eigenvalue weighted by molar-refractivity contribution is 7.80. The van der Waals surface area contributed by atoms with Gasteiger partial charge in [-0.3, -0.25) is 10.1 Å². The van der Waals surface area contributed by atoms with Gasteiger partial charge in [-0.05, 0) is 12.1 Å². The number of rotatable bonds is 1. The lowest BCUT2D eigenvalue weighted by atomic mass is 10.1. The van der Waals surface area contributed by atoms with Gasteiger partial charge >= 0.3 is 0 Å². The van der Waals surface area contributed by atoms with Crippen molar-refractivity contribution in [3.05, 3.63) is 39.4 Å². The van der Waals surface area contributed by atoms with Crippen LogP contribution in [-0.4, -0.2) is 10.7 Å². The van der Waals surface area contributed by atoms with Crippen LogP contribution < -0.4 is 0 Å². The highest BCUT2D eigenvalue weighted by Crippen LogP contribution is 2.18. The Morgan fingerprint density at radius 3 is 2.80 bits per heavy atom. The molecule has 0 aliphatic heterocycles. The van der Waals surface area contributed by atoms with E-state index in [1.807, 2.05) is 0 Å². The van der Waals surface area contributed by atoms with E-state index in [1.165, 1.54) is 12.1 Å². The summed E-state index contributed by atoms with van der Waals surface area (Å²) >= 11 is 3.90. The van der Waals surface area contributed by atoms with Gasteiger partial charge in [-0.15, -0.1) is 0 Å². The summed E-state index contributed by atoms with van der Waals surface area (Å²) in [6, 6.07) is 6.00. The third kappa shape index (κ3) is 2.73. The summed E-state index contributed by atoms with van der Waals surface area (Å²) in [7, 11) is 0. The van der Waals surface area contributed by atoms with E-state index < -0.39 is 4.92 Å². The molecule has 0 atom stereocenters. The van der Waals surface area contributed by atoms with Crippen molar-refractivity contribution in [3.63, 3.8) is 0 Å². The molecule has 0 aliphatic rings. The Kier molecular flexibility index (Phi) is 3.73. The van der Waals surface area contributed by atoms with Crippen LogP contribution in [0.15, 0.2) is 18.2 Å². The molecular weight excluding hydrogens is 212 g/mol. The molecule has 15 heavy (non-hydrogen) atoms. The monoisotopic (exact) mass is 218 g/mol. The smallest absolute Gasteiger partial charge is 0.258 e. The van der Waals surface area contributed by atoms with Crippen molar-refractivity contribution in [1.82, 2.24) is 0 Å². The summed E-state index contributed by atoms with van der Waals surface area (Å²) < 4.78 is 0. The van der Waals surface area contributed by atoms with E-state index in [-0.39, 0.29) is 11.3 Å². The van der Waals surface area contributed by atoms with E-state index in [0.717, 1.165) is 0 Å². The van der Waals surface area contributed by atoms with Crippen LogP contribution in [0.4, 0.5) is 5.69 Å². The van der Waals surface area contributed by atoms with Crippen LogP contribution in [0.25, 0.3) is 0 Å². The second-order valence-electron chi connectivity index (χ2n) is 2.56. The number of nitriles is 1.